The van der Waals surface area contributed by atoms with Crippen LogP contribution in [0.1, 0.15) is 19.3 Å². The molecule has 3 atom stereocenters. The monoisotopic (exact) mass is 215 g/mol. The van der Waals surface area contributed by atoms with E-state index in [0.717, 1.165) is 25.9 Å². The first-order valence-electron chi connectivity index (χ1n) is 5.41. The zero-order valence-electron chi connectivity index (χ0n) is 8.63. The normalized spacial score (nSPS) is 32.9. The molecule has 3 unspecified atom stereocenters. The van der Waals surface area contributed by atoms with Crippen molar-refractivity contribution >= 4 is 5.97 Å². The summed E-state index contributed by atoms with van der Waals surface area (Å²) >= 11 is 0. The first-order chi connectivity index (χ1) is 7.13. The largest absolute Gasteiger partial charge is 0.481 e. The maximum absolute atomic E-state index is 10.4. The van der Waals surface area contributed by atoms with Crippen LogP contribution >= 0.6 is 0 Å². The third-order valence-corrected chi connectivity index (χ3v) is 3.00. The zero-order chi connectivity index (χ0) is 10.8. The van der Waals surface area contributed by atoms with E-state index in [2.05, 4.69) is 4.90 Å². The van der Waals surface area contributed by atoms with Crippen LogP contribution in [0.5, 0.6) is 0 Å². The number of ether oxygens (including phenoxy) is 1. The molecule has 2 N–H and O–H groups in total. The molecule has 0 spiro atoms. The molecule has 0 aliphatic carbocycles. The van der Waals surface area contributed by atoms with Gasteiger partial charge in [-0.1, -0.05) is 0 Å². The average Bonchev–Trinajstić information content (AvgIpc) is 2.44. The summed E-state index contributed by atoms with van der Waals surface area (Å²) in [4.78, 5) is 12.5. The number of carboxylic acid groups (broad SMARTS) is 1. The molecule has 0 radical (unpaired) electrons. The highest BCUT2D eigenvalue weighted by Crippen LogP contribution is 2.26. The minimum atomic E-state index is -0.946. The Balaban J connectivity index is 1.77. The first-order valence-corrected chi connectivity index (χ1v) is 5.41. The third-order valence-electron chi connectivity index (χ3n) is 3.00. The summed E-state index contributed by atoms with van der Waals surface area (Å²) in [5.74, 6) is -0.946. The summed E-state index contributed by atoms with van der Waals surface area (Å²) < 4.78 is 5.65. The number of fused-ring (bicyclic) bond motifs is 2. The van der Waals surface area contributed by atoms with E-state index in [-0.39, 0.29) is 6.42 Å². The SMILES string of the molecule is O=C(O)CC(O)CN1CC2CCC(C1)O2. The molecular weight excluding hydrogens is 198 g/mol. The summed E-state index contributed by atoms with van der Waals surface area (Å²) in [6.07, 6.45) is 1.83. The number of nitrogens with zero attached hydrogens (tertiary/aromatic N) is 1. The summed E-state index contributed by atoms with van der Waals surface area (Å²) in [6, 6.07) is 0. The number of likely N-dealkylation sites (tertiary alicyclic amines) is 1. The van der Waals surface area contributed by atoms with Gasteiger partial charge in [0.2, 0.25) is 0 Å². The molecule has 2 aliphatic heterocycles. The van der Waals surface area contributed by atoms with E-state index in [0.29, 0.717) is 18.8 Å². The molecule has 0 aromatic carbocycles. The van der Waals surface area contributed by atoms with Crippen molar-refractivity contribution in [3.63, 3.8) is 0 Å². The van der Waals surface area contributed by atoms with E-state index in [4.69, 9.17) is 9.84 Å². The Hall–Kier alpha value is -0.650. The van der Waals surface area contributed by atoms with Crippen molar-refractivity contribution in [2.45, 2.75) is 37.6 Å². The van der Waals surface area contributed by atoms with E-state index in [1.165, 1.54) is 0 Å². The molecule has 5 nitrogen and oxygen atoms in total. The van der Waals surface area contributed by atoms with Crippen LogP contribution < -0.4 is 0 Å². The number of morpholine rings is 1. The molecular formula is C10H17NO4. The average molecular weight is 215 g/mol. The van der Waals surface area contributed by atoms with Gasteiger partial charge in [-0.05, 0) is 12.8 Å². The topological polar surface area (TPSA) is 70.0 Å². The molecule has 2 aliphatic rings. The van der Waals surface area contributed by atoms with Gasteiger partial charge in [-0.3, -0.25) is 9.69 Å². The number of rotatable bonds is 4. The Morgan fingerprint density at radius 2 is 2.00 bits per heavy atom. The molecule has 86 valence electrons. The van der Waals surface area contributed by atoms with Crippen LogP contribution in [0.3, 0.4) is 0 Å². The first kappa shape index (κ1) is 10.9. The second kappa shape index (κ2) is 4.47. The predicted molar refractivity (Wildman–Crippen MR) is 52.6 cm³/mol. The van der Waals surface area contributed by atoms with Crippen molar-refractivity contribution in [2.24, 2.45) is 0 Å². The number of hydrogen-bond acceptors (Lipinski definition) is 4. The maximum Gasteiger partial charge on any atom is 0.306 e. The predicted octanol–water partition coefficient (Wildman–Crippen LogP) is -0.315. The maximum atomic E-state index is 10.4. The molecule has 0 aromatic rings. The van der Waals surface area contributed by atoms with Gasteiger partial charge in [-0.15, -0.1) is 0 Å². The van der Waals surface area contributed by atoms with Crippen LogP contribution in [-0.2, 0) is 9.53 Å². The molecule has 5 heteroatoms. The lowest BCUT2D eigenvalue weighted by Gasteiger charge is -2.33. The van der Waals surface area contributed by atoms with Gasteiger partial charge in [0.1, 0.15) is 0 Å². The van der Waals surface area contributed by atoms with Crippen molar-refractivity contribution < 1.29 is 19.7 Å². The van der Waals surface area contributed by atoms with Crippen molar-refractivity contribution in [2.75, 3.05) is 19.6 Å². The number of carboxylic acids is 1. The highest BCUT2D eigenvalue weighted by atomic mass is 16.5. The third kappa shape index (κ3) is 2.90. The fourth-order valence-corrected chi connectivity index (χ4v) is 2.41. The second-order valence-electron chi connectivity index (χ2n) is 4.43. The summed E-state index contributed by atoms with van der Waals surface area (Å²) in [5, 5.41) is 18.0. The molecule has 0 aromatic heterocycles. The van der Waals surface area contributed by atoms with Gasteiger partial charge in [0.25, 0.3) is 0 Å². The van der Waals surface area contributed by atoms with E-state index in [9.17, 15) is 9.90 Å². The van der Waals surface area contributed by atoms with Crippen LogP contribution in [0.15, 0.2) is 0 Å². The van der Waals surface area contributed by atoms with Crippen LogP contribution in [0.25, 0.3) is 0 Å². The zero-order valence-corrected chi connectivity index (χ0v) is 8.63. The molecule has 15 heavy (non-hydrogen) atoms. The van der Waals surface area contributed by atoms with E-state index in [1.807, 2.05) is 0 Å². The van der Waals surface area contributed by atoms with Crippen molar-refractivity contribution in [1.29, 1.82) is 0 Å². The minimum Gasteiger partial charge on any atom is -0.481 e. The Bertz CT molecular complexity index is 234. The Morgan fingerprint density at radius 3 is 2.53 bits per heavy atom. The highest BCUT2D eigenvalue weighted by molar-refractivity contribution is 5.67. The lowest BCUT2D eigenvalue weighted by molar-refractivity contribution is -0.139. The van der Waals surface area contributed by atoms with Crippen molar-refractivity contribution in [3.05, 3.63) is 0 Å². The Morgan fingerprint density at radius 1 is 1.40 bits per heavy atom. The van der Waals surface area contributed by atoms with Gasteiger partial charge in [-0.2, -0.15) is 0 Å². The Kier molecular flexibility index (Phi) is 3.23. The van der Waals surface area contributed by atoms with Crippen LogP contribution in [0, 0.1) is 0 Å². The van der Waals surface area contributed by atoms with Crippen molar-refractivity contribution in [1.82, 2.24) is 4.90 Å². The van der Waals surface area contributed by atoms with Gasteiger partial charge >= 0.3 is 5.97 Å². The molecule has 0 saturated carbocycles. The van der Waals surface area contributed by atoms with Crippen LogP contribution in [-0.4, -0.2) is 59.0 Å². The fraction of sp³-hybridized carbons (Fsp3) is 0.900. The summed E-state index contributed by atoms with van der Waals surface area (Å²) in [7, 11) is 0. The minimum absolute atomic E-state index is 0.174. The van der Waals surface area contributed by atoms with Gasteiger partial charge in [0.15, 0.2) is 0 Å². The van der Waals surface area contributed by atoms with E-state index < -0.39 is 12.1 Å². The Labute approximate surface area is 88.6 Å². The molecule has 0 amide bonds. The van der Waals surface area contributed by atoms with Crippen molar-refractivity contribution in [3.8, 4) is 0 Å². The van der Waals surface area contributed by atoms with Crippen LogP contribution in [0.4, 0.5) is 0 Å². The second-order valence-corrected chi connectivity index (χ2v) is 4.43. The molecule has 2 rings (SSSR count). The number of aliphatic hydroxyl groups is 1. The standard InChI is InChI=1S/C10H17NO4/c12-7(3-10(13)14)4-11-5-8-1-2-9(6-11)15-8/h7-9,12H,1-6H2,(H,13,14). The number of hydrogen-bond donors (Lipinski definition) is 2. The summed E-state index contributed by atoms with van der Waals surface area (Å²) in [6.45, 7) is 2.10. The number of carbonyl (C=O) groups is 1. The molecule has 2 fully saturated rings. The molecule has 2 heterocycles. The lowest BCUT2D eigenvalue weighted by atomic mass is 10.2. The highest BCUT2D eigenvalue weighted by Gasteiger charge is 2.34. The van der Waals surface area contributed by atoms with Gasteiger partial charge in [0, 0.05) is 19.6 Å². The van der Waals surface area contributed by atoms with Gasteiger partial charge in [0.05, 0.1) is 24.7 Å². The number of aliphatic hydroxyl groups excluding tert-OH is 1. The quantitative estimate of drug-likeness (QED) is 0.673. The molecule has 2 saturated heterocycles. The van der Waals surface area contributed by atoms with E-state index in [1.54, 1.807) is 0 Å². The number of β-amino-alcohol motifs (C(OH)–C–C–N with tert-alkyl or cyclic N) is 1. The molecule has 2 bridgehead atoms. The van der Waals surface area contributed by atoms with E-state index >= 15 is 0 Å². The lowest BCUT2D eigenvalue weighted by Crippen LogP contribution is -2.46. The fourth-order valence-electron chi connectivity index (χ4n) is 2.41. The summed E-state index contributed by atoms with van der Waals surface area (Å²) in [5.41, 5.74) is 0. The van der Waals surface area contributed by atoms with Gasteiger partial charge in [-0.25, -0.2) is 0 Å². The van der Waals surface area contributed by atoms with Crippen LogP contribution in [0.2, 0.25) is 0 Å². The smallest absolute Gasteiger partial charge is 0.306 e. The van der Waals surface area contributed by atoms with Gasteiger partial charge < -0.3 is 14.9 Å². The number of aliphatic carboxylic acids is 1.